The van der Waals surface area contributed by atoms with Crippen molar-refractivity contribution in [3.63, 3.8) is 0 Å². The first-order valence-electron chi connectivity index (χ1n) is 11.0. The normalized spacial score (nSPS) is 19.0. The number of hydrogen-bond acceptors (Lipinski definition) is 4. The van der Waals surface area contributed by atoms with Crippen molar-refractivity contribution in [2.45, 2.75) is 31.4 Å². The number of amides is 2. The van der Waals surface area contributed by atoms with E-state index in [2.05, 4.69) is 15.6 Å². The van der Waals surface area contributed by atoms with Gasteiger partial charge in [0.25, 0.3) is 6.43 Å². The van der Waals surface area contributed by atoms with Crippen LogP contribution in [0.25, 0.3) is 10.9 Å². The van der Waals surface area contributed by atoms with E-state index in [0.29, 0.717) is 25.2 Å². The SMILES string of the molecule is CNC(=O)N1CC[C@@](OC)(c2ccc3nccc(N[C@H](C)c4cccc(C(F)F)c4F)c3c2)C1. The number of benzene rings is 2. The number of fused-ring (bicyclic) bond motifs is 1. The van der Waals surface area contributed by atoms with E-state index in [1.807, 2.05) is 18.2 Å². The molecule has 0 radical (unpaired) electrons. The summed E-state index contributed by atoms with van der Waals surface area (Å²) >= 11 is 0. The zero-order valence-electron chi connectivity index (χ0n) is 19.2. The number of hydrogen-bond donors (Lipinski definition) is 2. The molecule has 2 aromatic carbocycles. The molecule has 1 aromatic heterocycles. The highest BCUT2D eigenvalue weighted by Crippen LogP contribution is 2.38. The van der Waals surface area contributed by atoms with Gasteiger partial charge in [-0.05, 0) is 30.7 Å². The number of alkyl halides is 2. The molecule has 1 fully saturated rings. The van der Waals surface area contributed by atoms with Gasteiger partial charge < -0.3 is 20.3 Å². The number of rotatable bonds is 6. The Labute approximate surface area is 196 Å². The van der Waals surface area contributed by atoms with Crippen molar-refractivity contribution in [1.82, 2.24) is 15.2 Å². The molecule has 1 aliphatic heterocycles. The van der Waals surface area contributed by atoms with Crippen LogP contribution in [0.4, 0.5) is 23.7 Å². The third-order valence-corrected chi connectivity index (χ3v) is 6.52. The molecular formula is C25H27F3N4O2. The lowest BCUT2D eigenvalue weighted by Gasteiger charge is -2.29. The average molecular weight is 473 g/mol. The Morgan fingerprint density at radius 3 is 2.68 bits per heavy atom. The van der Waals surface area contributed by atoms with Crippen molar-refractivity contribution in [2.75, 3.05) is 32.6 Å². The molecule has 0 bridgehead atoms. The minimum absolute atomic E-state index is 0.157. The van der Waals surface area contributed by atoms with Crippen molar-refractivity contribution in [3.8, 4) is 0 Å². The average Bonchev–Trinajstić information content (AvgIpc) is 3.29. The lowest BCUT2D eigenvalue weighted by Crippen LogP contribution is -2.39. The highest BCUT2D eigenvalue weighted by Gasteiger charge is 2.41. The van der Waals surface area contributed by atoms with E-state index < -0.39 is 29.4 Å². The predicted molar refractivity (Wildman–Crippen MR) is 124 cm³/mol. The first kappa shape index (κ1) is 23.8. The van der Waals surface area contributed by atoms with Crippen LogP contribution in [-0.4, -0.2) is 43.2 Å². The van der Waals surface area contributed by atoms with Crippen molar-refractivity contribution >= 4 is 22.6 Å². The molecule has 0 aliphatic carbocycles. The highest BCUT2D eigenvalue weighted by molar-refractivity contribution is 5.92. The number of anilines is 1. The summed E-state index contributed by atoms with van der Waals surface area (Å²) in [6.07, 6.45) is -0.617. The van der Waals surface area contributed by atoms with Crippen LogP contribution in [0.2, 0.25) is 0 Å². The lowest BCUT2D eigenvalue weighted by atomic mass is 9.91. The van der Waals surface area contributed by atoms with Crippen LogP contribution in [0, 0.1) is 5.82 Å². The summed E-state index contributed by atoms with van der Waals surface area (Å²) in [6, 6.07) is 10.8. The molecule has 2 amide bonds. The fourth-order valence-corrected chi connectivity index (χ4v) is 4.57. The summed E-state index contributed by atoms with van der Waals surface area (Å²) in [7, 11) is 3.22. The van der Waals surface area contributed by atoms with Gasteiger partial charge in [0.05, 0.1) is 23.7 Å². The number of nitrogens with one attached hydrogen (secondary N) is 2. The molecule has 1 aliphatic rings. The van der Waals surface area contributed by atoms with Gasteiger partial charge in [-0.2, -0.15) is 0 Å². The third-order valence-electron chi connectivity index (χ3n) is 6.52. The maximum absolute atomic E-state index is 14.7. The van der Waals surface area contributed by atoms with E-state index in [-0.39, 0.29) is 11.6 Å². The number of likely N-dealkylation sites (tertiary alicyclic amines) is 1. The second kappa shape index (κ2) is 9.50. The van der Waals surface area contributed by atoms with E-state index in [1.54, 1.807) is 38.2 Å². The molecule has 0 saturated carbocycles. The molecule has 34 heavy (non-hydrogen) atoms. The molecule has 6 nitrogen and oxygen atoms in total. The van der Waals surface area contributed by atoms with Crippen molar-refractivity contribution < 1.29 is 22.7 Å². The molecule has 9 heteroatoms. The zero-order valence-corrected chi connectivity index (χ0v) is 19.2. The van der Waals surface area contributed by atoms with Crippen LogP contribution in [0.1, 0.15) is 42.5 Å². The number of aromatic nitrogens is 1. The fourth-order valence-electron chi connectivity index (χ4n) is 4.57. The van der Waals surface area contributed by atoms with E-state index in [1.165, 1.54) is 12.1 Å². The van der Waals surface area contributed by atoms with Gasteiger partial charge in [0.1, 0.15) is 11.4 Å². The summed E-state index contributed by atoms with van der Waals surface area (Å²) in [5.41, 5.74) is 1.17. The van der Waals surface area contributed by atoms with Gasteiger partial charge in [0.15, 0.2) is 0 Å². The van der Waals surface area contributed by atoms with E-state index in [0.717, 1.165) is 22.5 Å². The summed E-state index contributed by atoms with van der Waals surface area (Å²) in [4.78, 5) is 18.3. The number of carbonyl (C=O) groups excluding carboxylic acids is 1. The number of nitrogens with zero attached hydrogens (tertiary/aromatic N) is 2. The highest BCUT2D eigenvalue weighted by atomic mass is 19.3. The third kappa shape index (κ3) is 4.27. The second-order valence-corrected chi connectivity index (χ2v) is 8.43. The number of carbonyl (C=O) groups is 1. The zero-order chi connectivity index (χ0) is 24.5. The summed E-state index contributed by atoms with van der Waals surface area (Å²) in [6.45, 7) is 2.68. The second-order valence-electron chi connectivity index (χ2n) is 8.43. The first-order valence-corrected chi connectivity index (χ1v) is 11.0. The summed E-state index contributed by atoms with van der Waals surface area (Å²) in [5, 5.41) is 6.68. The van der Waals surface area contributed by atoms with Gasteiger partial charge in [-0.1, -0.05) is 24.3 Å². The topological polar surface area (TPSA) is 66.5 Å². The van der Waals surface area contributed by atoms with Crippen LogP contribution < -0.4 is 10.6 Å². The van der Waals surface area contributed by atoms with E-state index >= 15 is 0 Å². The van der Waals surface area contributed by atoms with Crippen molar-refractivity contribution in [3.05, 3.63) is 71.2 Å². The first-order chi connectivity index (χ1) is 16.3. The number of halogens is 3. The number of ether oxygens (including phenoxy) is 1. The molecule has 0 spiro atoms. The Kier molecular flexibility index (Phi) is 6.65. The molecule has 0 unspecified atom stereocenters. The minimum atomic E-state index is -2.89. The van der Waals surface area contributed by atoms with Crippen LogP contribution in [0.5, 0.6) is 0 Å². The summed E-state index contributed by atoms with van der Waals surface area (Å²) < 4.78 is 46.9. The molecule has 180 valence electrons. The van der Waals surface area contributed by atoms with Crippen LogP contribution in [-0.2, 0) is 10.3 Å². The maximum atomic E-state index is 14.7. The lowest BCUT2D eigenvalue weighted by molar-refractivity contribution is -0.00305. The van der Waals surface area contributed by atoms with Crippen molar-refractivity contribution in [1.29, 1.82) is 0 Å². The van der Waals surface area contributed by atoms with Crippen LogP contribution in [0.15, 0.2) is 48.7 Å². The van der Waals surface area contributed by atoms with Gasteiger partial charge in [0, 0.05) is 50.0 Å². The van der Waals surface area contributed by atoms with Gasteiger partial charge in [-0.25, -0.2) is 18.0 Å². The smallest absolute Gasteiger partial charge is 0.317 e. The van der Waals surface area contributed by atoms with Crippen LogP contribution in [0.3, 0.4) is 0 Å². The molecule has 3 aromatic rings. The molecule has 2 N–H and O–H groups in total. The molecule has 2 atom stereocenters. The quantitative estimate of drug-likeness (QED) is 0.506. The Hall–Kier alpha value is -3.33. The van der Waals surface area contributed by atoms with Crippen molar-refractivity contribution in [2.24, 2.45) is 0 Å². The Bertz CT molecular complexity index is 1210. The van der Waals surface area contributed by atoms with Crippen LogP contribution >= 0.6 is 0 Å². The Morgan fingerprint density at radius 2 is 1.97 bits per heavy atom. The maximum Gasteiger partial charge on any atom is 0.317 e. The summed E-state index contributed by atoms with van der Waals surface area (Å²) in [5.74, 6) is -0.907. The predicted octanol–water partition coefficient (Wildman–Crippen LogP) is 5.37. The van der Waals surface area contributed by atoms with Gasteiger partial charge in [0.2, 0.25) is 0 Å². The van der Waals surface area contributed by atoms with Gasteiger partial charge in [-0.15, -0.1) is 0 Å². The van der Waals surface area contributed by atoms with Gasteiger partial charge >= 0.3 is 6.03 Å². The number of urea groups is 1. The standard InChI is InChI=1S/C25H27F3N4O2/c1-15(17-5-4-6-18(22(17)26)23(27)28)31-21-9-11-30-20-8-7-16(13-19(20)21)25(34-3)10-12-32(14-25)24(33)29-2/h4-9,11,13,15,23H,10,12,14H2,1-3H3,(H,29,33)(H,30,31)/t15-,25+/m1/s1. The number of pyridine rings is 1. The molecular weight excluding hydrogens is 445 g/mol. The monoisotopic (exact) mass is 472 g/mol. The molecule has 1 saturated heterocycles. The Morgan fingerprint density at radius 1 is 1.21 bits per heavy atom. The largest absolute Gasteiger partial charge is 0.378 e. The molecule has 4 rings (SSSR count). The number of methoxy groups -OCH3 is 1. The minimum Gasteiger partial charge on any atom is -0.378 e. The van der Waals surface area contributed by atoms with E-state index in [9.17, 15) is 18.0 Å². The van der Waals surface area contributed by atoms with E-state index in [4.69, 9.17) is 4.74 Å². The fraction of sp³-hybridized carbons (Fsp3) is 0.360. The Balaban J connectivity index is 1.69. The van der Waals surface area contributed by atoms with Gasteiger partial charge in [-0.3, -0.25) is 4.98 Å². The molecule has 2 heterocycles.